The third kappa shape index (κ3) is 1.29. The van der Waals surface area contributed by atoms with Gasteiger partial charge in [-0.3, -0.25) is 0 Å². The molecule has 1 rings (SSSR count). The van der Waals surface area contributed by atoms with Gasteiger partial charge in [0.1, 0.15) is 0 Å². The van der Waals surface area contributed by atoms with E-state index in [-0.39, 0.29) is 0 Å². The average Bonchev–Trinajstić information content (AvgIpc) is 2.13. The number of thioether (sulfide) groups is 1. The number of nitrogens with one attached hydrogen (secondary N) is 1. The number of allylic oxidation sites excluding steroid dienone is 1. The Balaban J connectivity index is 2.70. The monoisotopic (exact) mass is 223 g/mol. The standard InChI is InChI=1S/C5H6BrNO2S/c1-3-2-10-5(6,7-3)4(8)9/h2,7H,1H3,(H,8,9). The van der Waals surface area contributed by atoms with Crippen LogP contribution >= 0.6 is 27.7 Å². The summed E-state index contributed by atoms with van der Waals surface area (Å²) in [6.07, 6.45) is 0. The van der Waals surface area contributed by atoms with Gasteiger partial charge in [-0.05, 0) is 28.3 Å². The normalized spacial score (nSPS) is 31.2. The van der Waals surface area contributed by atoms with Crippen LogP contribution in [0.4, 0.5) is 0 Å². The van der Waals surface area contributed by atoms with Gasteiger partial charge in [-0.25, -0.2) is 4.79 Å². The number of aliphatic carboxylic acids is 1. The van der Waals surface area contributed by atoms with Crippen LogP contribution in [0, 0.1) is 0 Å². The average molecular weight is 224 g/mol. The molecule has 0 aromatic carbocycles. The van der Waals surface area contributed by atoms with Crippen molar-refractivity contribution in [2.45, 2.75) is 10.7 Å². The van der Waals surface area contributed by atoms with Gasteiger partial charge in [0.05, 0.1) is 0 Å². The van der Waals surface area contributed by atoms with Gasteiger partial charge < -0.3 is 10.4 Å². The molecular weight excluding hydrogens is 218 g/mol. The molecular formula is C5H6BrNO2S. The summed E-state index contributed by atoms with van der Waals surface area (Å²) in [5.74, 6) is -0.911. The number of rotatable bonds is 1. The Bertz CT molecular complexity index is 206. The van der Waals surface area contributed by atoms with Crippen LogP contribution in [0.5, 0.6) is 0 Å². The quantitative estimate of drug-likeness (QED) is 0.521. The molecule has 0 radical (unpaired) electrons. The van der Waals surface area contributed by atoms with Crippen molar-refractivity contribution in [2.75, 3.05) is 0 Å². The number of carboxylic acids is 1. The molecule has 10 heavy (non-hydrogen) atoms. The van der Waals surface area contributed by atoms with E-state index in [0.717, 1.165) is 5.70 Å². The Morgan fingerprint density at radius 3 is 2.80 bits per heavy atom. The summed E-state index contributed by atoms with van der Waals surface area (Å²) in [6, 6.07) is 0. The predicted octanol–water partition coefficient (Wildman–Crippen LogP) is 1.32. The number of carboxylic acid groups (broad SMARTS) is 1. The van der Waals surface area contributed by atoms with Crippen molar-refractivity contribution in [1.82, 2.24) is 5.32 Å². The van der Waals surface area contributed by atoms with Gasteiger partial charge in [0.25, 0.3) is 0 Å². The minimum atomic E-state index is -1.03. The molecule has 3 nitrogen and oxygen atoms in total. The Labute approximate surface area is 71.0 Å². The first kappa shape index (κ1) is 7.94. The maximum absolute atomic E-state index is 10.5. The van der Waals surface area contributed by atoms with Gasteiger partial charge in [0, 0.05) is 5.70 Å². The first-order valence-electron chi connectivity index (χ1n) is 2.60. The van der Waals surface area contributed by atoms with Crippen LogP contribution in [0.2, 0.25) is 0 Å². The Hall–Kier alpha value is -0.160. The Kier molecular flexibility index (Phi) is 1.96. The third-order valence-corrected chi connectivity index (χ3v) is 3.20. The molecule has 0 fully saturated rings. The largest absolute Gasteiger partial charge is 0.478 e. The van der Waals surface area contributed by atoms with E-state index in [2.05, 4.69) is 21.2 Å². The van der Waals surface area contributed by atoms with E-state index in [0.29, 0.717) is 0 Å². The van der Waals surface area contributed by atoms with Crippen molar-refractivity contribution < 1.29 is 9.90 Å². The second-order valence-electron chi connectivity index (χ2n) is 1.94. The van der Waals surface area contributed by atoms with E-state index in [1.54, 1.807) is 5.41 Å². The van der Waals surface area contributed by atoms with E-state index >= 15 is 0 Å². The summed E-state index contributed by atoms with van der Waals surface area (Å²) in [5.41, 5.74) is 0.865. The molecule has 0 spiro atoms. The molecule has 0 aliphatic carbocycles. The molecule has 0 aromatic rings. The van der Waals surface area contributed by atoms with Crippen LogP contribution < -0.4 is 5.32 Å². The number of halogens is 1. The minimum Gasteiger partial charge on any atom is -0.478 e. The smallest absolute Gasteiger partial charge is 0.351 e. The highest BCUT2D eigenvalue weighted by atomic mass is 79.9. The van der Waals surface area contributed by atoms with E-state index in [1.165, 1.54) is 11.8 Å². The van der Waals surface area contributed by atoms with Crippen molar-refractivity contribution in [3.8, 4) is 0 Å². The van der Waals surface area contributed by atoms with Crippen molar-refractivity contribution in [3.05, 3.63) is 11.1 Å². The van der Waals surface area contributed by atoms with Gasteiger partial charge >= 0.3 is 5.97 Å². The maximum atomic E-state index is 10.5. The highest BCUT2D eigenvalue weighted by molar-refractivity contribution is 9.12. The molecule has 1 atom stereocenters. The molecule has 2 N–H and O–H groups in total. The summed E-state index contributed by atoms with van der Waals surface area (Å²) in [7, 11) is 0. The summed E-state index contributed by atoms with van der Waals surface area (Å²) in [5, 5.41) is 13.2. The molecule has 1 unspecified atom stereocenters. The first-order valence-corrected chi connectivity index (χ1v) is 4.27. The topological polar surface area (TPSA) is 49.3 Å². The fourth-order valence-electron chi connectivity index (χ4n) is 0.586. The molecule has 56 valence electrons. The van der Waals surface area contributed by atoms with Crippen molar-refractivity contribution >= 4 is 33.7 Å². The SMILES string of the molecule is CC1=CSC(Br)(C(=O)O)N1. The van der Waals surface area contributed by atoms with Crippen molar-refractivity contribution in [3.63, 3.8) is 0 Å². The zero-order chi connectivity index (χ0) is 7.78. The fourth-order valence-corrected chi connectivity index (χ4v) is 1.90. The first-order chi connectivity index (χ1) is 4.54. The fraction of sp³-hybridized carbons (Fsp3) is 0.400. The lowest BCUT2D eigenvalue weighted by Crippen LogP contribution is -2.38. The van der Waals surface area contributed by atoms with E-state index in [1.807, 2.05) is 6.92 Å². The number of hydrogen-bond acceptors (Lipinski definition) is 3. The lowest BCUT2D eigenvalue weighted by atomic mass is 10.5. The zero-order valence-electron chi connectivity index (χ0n) is 5.22. The lowest BCUT2D eigenvalue weighted by Gasteiger charge is -2.16. The van der Waals surface area contributed by atoms with Crippen molar-refractivity contribution in [1.29, 1.82) is 0 Å². The number of alkyl halides is 1. The Morgan fingerprint density at radius 2 is 2.60 bits per heavy atom. The van der Waals surface area contributed by atoms with E-state index in [4.69, 9.17) is 5.11 Å². The summed E-state index contributed by atoms with van der Waals surface area (Å²) >= 11 is 4.26. The van der Waals surface area contributed by atoms with Crippen LogP contribution in [0.15, 0.2) is 11.1 Å². The van der Waals surface area contributed by atoms with Crippen LogP contribution in [-0.2, 0) is 4.79 Å². The second-order valence-corrected chi connectivity index (χ2v) is 4.74. The molecule has 1 aliphatic heterocycles. The highest BCUT2D eigenvalue weighted by Gasteiger charge is 2.38. The number of carbonyl (C=O) groups is 1. The number of hydrogen-bond donors (Lipinski definition) is 2. The maximum Gasteiger partial charge on any atom is 0.351 e. The highest BCUT2D eigenvalue weighted by Crippen LogP contribution is 2.37. The van der Waals surface area contributed by atoms with Gasteiger partial charge in [-0.15, -0.1) is 0 Å². The summed E-state index contributed by atoms with van der Waals surface area (Å²) < 4.78 is -1.03. The summed E-state index contributed by atoms with van der Waals surface area (Å²) in [6.45, 7) is 1.82. The molecule has 5 heteroatoms. The van der Waals surface area contributed by atoms with Crippen LogP contribution in [0.1, 0.15) is 6.92 Å². The molecule has 0 saturated carbocycles. The zero-order valence-corrected chi connectivity index (χ0v) is 7.62. The van der Waals surface area contributed by atoms with E-state index in [9.17, 15) is 4.79 Å². The molecule has 0 amide bonds. The van der Waals surface area contributed by atoms with Gasteiger partial charge in [0.15, 0.2) is 0 Å². The minimum absolute atomic E-state index is 0.865. The third-order valence-electron chi connectivity index (χ3n) is 1.03. The van der Waals surface area contributed by atoms with Crippen LogP contribution in [0.3, 0.4) is 0 Å². The van der Waals surface area contributed by atoms with Gasteiger partial charge in [-0.1, -0.05) is 11.8 Å². The summed E-state index contributed by atoms with van der Waals surface area (Å²) in [4.78, 5) is 10.5. The molecule has 1 heterocycles. The molecule has 1 aliphatic rings. The van der Waals surface area contributed by atoms with Gasteiger partial charge in [-0.2, -0.15) is 0 Å². The van der Waals surface area contributed by atoms with Crippen molar-refractivity contribution in [2.24, 2.45) is 0 Å². The predicted molar refractivity (Wildman–Crippen MR) is 43.8 cm³/mol. The van der Waals surface area contributed by atoms with E-state index < -0.39 is 9.75 Å². The lowest BCUT2D eigenvalue weighted by molar-refractivity contribution is -0.137. The van der Waals surface area contributed by atoms with Gasteiger partial charge in [0.2, 0.25) is 3.78 Å². The van der Waals surface area contributed by atoms with Crippen LogP contribution in [0.25, 0.3) is 0 Å². The Morgan fingerprint density at radius 1 is 2.00 bits per heavy atom. The van der Waals surface area contributed by atoms with Crippen LogP contribution in [-0.4, -0.2) is 14.9 Å². The molecule has 0 bridgehead atoms. The molecule has 0 saturated heterocycles. The second kappa shape index (κ2) is 2.47. The molecule has 0 aromatic heterocycles.